The molecule has 36 heavy (non-hydrogen) atoms. The molecule has 0 aliphatic carbocycles. The predicted octanol–water partition coefficient (Wildman–Crippen LogP) is 5.06. The molecule has 1 amide bonds. The van der Waals surface area contributed by atoms with Crippen molar-refractivity contribution in [3.63, 3.8) is 0 Å². The topological polar surface area (TPSA) is 98.5 Å². The number of rotatable bonds is 5. The van der Waals surface area contributed by atoms with Crippen molar-refractivity contribution in [3.05, 3.63) is 103 Å². The van der Waals surface area contributed by atoms with Gasteiger partial charge in [-0.05, 0) is 65.7 Å². The van der Waals surface area contributed by atoms with E-state index >= 15 is 0 Å². The number of carbonyl (C=O) groups excluding carboxylic acids is 1. The number of hydrogen-bond donors (Lipinski definition) is 1. The fraction of sp³-hybridized carbons (Fsp3) is 0.0400. The third-order valence-corrected chi connectivity index (χ3v) is 5.20. The molecule has 1 aromatic carbocycles. The van der Waals surface area contributed by atoms with Gasteiger partial charge in [0.2, 0.25) is 0 Å². The summed E-state index contributed by atoms with van der Waals surface area (Å²) < 4.78 is 41.7. The van der Waals surface area contributed by atoms with Crippen molar-refractivity contribution in [2.75, 3.05) is 5.32 Å². The zero-order chi connectivity index (χ0) is 25.1. The van der Waals surface area contributed by atoms with Crippen molar-refractivity contribution >= 4 is 11.7 Å². The van der Waals surface area contributed by atoms with Gasteiger partial charge >= 0.3 is 6.18 Å². The minimum Gasteiger partial charge on any atom is -0.305 e. The maximum absolute atomic E-state index is 13.7. The van der Waals surface area contributed by atoms with Gasteiger partial charge in [0.05, 0.1) is 5.69 Å². The van der Waals surface area contributed by atoms with E-state index in [1.165, 1.54) is 24.5 Å². The fourth-order valence-corrected chi connectivity index (χ4v) is 3.49. The van der Waals surface area contributed by atoms with Crippen LogP contribution >= 0.6 is 0 Å². The zero-order valence-corrected chi connectivity index (χ0v) is 18.4. The van der Waals surface area contributed by atoms with Crippen LogP contribution in [-0.4, -0.2) is 35.9 Å². The molecule has 0 spiro atoms. The minimum absolute atomic E-state index is 0.0752. The minimum atomic E-state index is -4.68. The SMILES string of the molecule is O=C(Nc1ccc(-n2nc(-c3cccnc3)cc2C(F)(F)F)nn1)c1cccc(-c2ccncc2)c1. The molecular weight excluding hydrogens is 471 g/mol. The Labute approximate surface area is 202 Å². The Balaban J connectivity index is 1.39. The molecule has 0 saturated heterocycles. The number of carbonyl (C=O) groups is 1. The molecule has 8 nitrogen and oxygen atoms in total. The average Bonchev–Trinajstić information content (AvgIpc) is 3.37. The Hall–Kier alpha value is -4.93. The molecule has 0 radical (unpaired) electrons. The van der Waals surface area contributed by atoms with E-state index < -0.39 is 17.8 Å². The molecule has 5 aromatic rings. The molecule has 0 aliphatic rings. The van der Waals surface area contributed by atoms with Crippen LogP contribution in [-0.2, 0) is 6.18 Å². The molecule has 1 N–H and O–H groups in total. The number of pyridine rings is 2. The van der Waals surface area contributed by atoms with Crippen LogP contribution in [0.1, 0.15) is 16.1 Å². The number of anilines is 1. The number of benzene rings is 1. The molecule has 4 heterocycles. The van der Waals surface area contributed by atoms with Gasteiger partial charge in [0, 0.05) is 35.9 Å². The van der Waals surface area contributed by atoms with Crippen LogP contribution < -0.4 is 5.32 Å². The van der Waals surface area contributed by atoms with Gasteiger partial charge in [-0.2, -0.15) is 18.3 Å². The van der Waals surface area contributed by atoms with Gasteiger partial charge in [0.25, 0.3) is 5.91 Å². The summed E-state index contributed by atoms with van der Waals surface area (Å²) in [5, 5.41) is 14.4. The first-order chi connectivity index (χ1) is 17.4. The highest BCUT2D eigenvalue weighted by atomic mass is 19.4. The largest absolute Gasteiger partial charge is 0.433 e. The number of alkyl halides is 3. The number of aromatic nitrogens is 6. The summed E-state index contributed by atoms with van der Waals surface area (Å²) in [5.74, 6) is -0.525. The van der Waals surface area contributed by atoms with Gasteiger partial charge in [0.1, 0.15) is 0 Å². The van der Waals surface area contributed by atoms with Crippen molar-refractivity contribution in [2.45, 2.75) is 6.18 Å². The summed E-state index contributed by atoms with van der Waals surface area (Å²) in [6, 6.07) is 17.4. The Bertz CT molecular complexity index is 1500. The second-order valence-electron chi connectivity index (χ2n) is 7.61. The molecule has 0 atom stereocenters. The molecular formula is C25H16F3N7O. The summed E-state index contributed by atoms with van der Waals surface area (Å²) in [7, 11) is 0. The third kappa shape index (κ3) is 4.80. The van der Waals surface area contributed by atoms with Crippen LogP contribution in [0.2, 0.25) is 0 Å². The lowest BCUT2D eigenvalue weighted by Crippen LogP contribution is -2.16. The number of amides is 1. The first kappa shape index (κ1) is 22.8. The number of hydrogen-bond acceptors (Lipinski definition) is 6. The van der Waals surface area contributed by atoms with E-state index in [9.17, 15) is 18.0 Å². The number of halogens is 3. The van der Waals surface area contributed by atoms with Crippen LogP contribution in [0, 0.1) is 0 Å². The van der Waals surface area contributed by atoms with Crippen molar-refractivity contribution < 1.29 is 18.0 Å². The van der Waals surface area contributed by atoms with Crippen LogP contribution in [0.15, 0.2) is 91.5 Å². The number of nitrogens with zero attached hydrogens (tertiary/aromatic N) is 6. The summed E-state index contributed by atoms with van der Waals surface area (Å²) in [6.07, 6.45) is 1.56. The Morgan fingerprint density at radius 2 is 1.61 bits per heavy atom. The van der Waals surface area contributed by atoms with E-state index in [2.05, 4.69) is 30.6 Å². The highest BCUT2D eigenvalue weighted by Gasteiger charge is 2.37. The van der Waals surface area contributed by atoms with Gasteiger partial charge in [0.15, 0.2) is 17.3 Å². The molecule has 0 saturated carbocycles. The molecule has 11 heteroatoms. The zero-order valence-electron chi connectivity index (χ0n) is 18.4. The molecule has 4 aromatic heterocycles. The maximum Gasteiger partial charge on any atom is 0.433 e. The molecule has 0 fully saturated rings. The van der Waals surface area contributed by atoms with E-state index in [1.807, 2.05) is 18.2 Å². The molecule has 0 unspecified atom stereocenters. The standard InChI is InChI=1S/C25H16F3N7O/c26-25(27,28)21-14-20(19-5-2-10-30-15-19)34-35(21)23-7-6-22(32-33-23)31-24(36)18-4-1-3-17(13-18)16-8-11-29-12-9-16/h1-15H,(H,31,32,36). The second-order valence-corrected chi connectivity index (χ2v) is 7.61. The Kier molecular flexibility index (Phi) is 5.95. The summed E-state index contributed by atoms with van der Waals surface area (Å²) in [6.45, 7) is 0. The van der Waals surface area contributed by atoms with Crippen LogP contribution in [0.25, 0.3) is 28.2 Å². The van der Waals surface area contributed by atoms with Gasteiger partial charge in [-0.3, -0.25) is 14.8 Å². The third-order valence-electron chi connectivity index (χ3n) is 5.20. The smallest absolute Gasteiger partial charge is 0.305 e. The van der Waals surface area contributed by atoms with Crippen molar-refractivity contribution in [2.24, 2.45) is 0 Å². The van der Waals surface area contributed by atoms with Crippen LogP contribution in [0.5, 0.6) is 0 Å². The predicted molar refractivity (Wildman–Crippen MR) is 125 cm³/mol. The Morgan fingerprint density at radius 1 is 0.806 bits per heavy atom. The van der Waals surface area contributed by atoms with Gasteiger partial charge in [-0.1, -0.05) is 12.1 Å². The molecule has 5 rings (SSSR count). The van der Waals surface area contributed by atoms with Crippen molar-refractivity contribution in [1.82, 2.24) is 29.9 Å². The van der Waals surface area contributed by atoms with E-state index in [1.54, 1.807) is 42.7 Å². The van der Waals surface area contributed by atoms with Crippen molar-refractivity contribution in [1.29, 1.82) is 0 Å². The lowest BCUT2D eigenvalue weighted by molar-refractivity contribution is -0.142. The van der Waals surface area contributed by atoms with Crippen molar-refractivity contribution in [3.8, 4) is 28.2 Å². The van der Waals surface area contributed by atoms with Crippen LogP contribution in [0.3, 0.4) is 0 Å². The lowest BCUT2D eigenvalue weighted by atomic mass is 10.0. The average molecular weight is 487 g/mol. The normalized spacial score (nSPS) is 11.3. The lowest BCUT2D eigenvalue weighted by Gasteiger charge is -2.10. The van der Waals surface area contributed by atoms with Gasteiger partial charge < -0.3 is 5.32 Å². The first-order valence-corrected chi connectivity index (χ1v) is 10.6. The molecule has 178 valence electrons. The summed E-state index contributed by atoms with van der Waals surface area (Å²) >= 11 is 0. The van der Waals surface area contributed by atoms with E-state index in [0.29, 0.717) is 15.8 Å². The van der Waals surface area contributed by atoms with Crippen LogP contribution in [0.4, 0.5) is 19.0 Å². The first-order valence-electron chi connectivity index (χ1n) is 10.6. The molecule has 0 bridgehead atoms. The van der Waals surface area contributed by atoms with E-state index in [-0.39, 0.29) is 17.3 Å². The summed E-state index contributed by atoms with van der Waals surface area (Å²) in [5.41, 5.74) is 1.60. The Morgan fingerprint density at radius 3 is 2.31 bits per heavy atom. The highest BCUT2D eigenvalue weighted by molar-refractivity contribution is 6.04. The van der Waals surface area contributed by atoms with E-state index in [0.717, 1.165) is 17.2 Å². The monoisotopic (exact) mass is 487 g/mol. The quantitative estimate of drug-likeness (QED) is 0.372. The second kappa shape index (κ2) is 9.37. The summed E-state index contributed by atoms with van der Waals surface area (Å²) in [4.78, 5) is 20.6. The van der Waals surface area contributed by atoms with Gasteiger partial charge in [-0.25, -0.2) is 4.68 Å². The fourth-order valence-electron chi connectivity index (χ4n) is 3.49. The highest BCUT2D eigenvalue weighted by Crippen LogP contribution is 2.33. The maximum atomic E-state index is 13.7. The van der Waals surface area contributed by atoms with Gasteiger partial charge in [-0.15, -0.1) is 10.2 Å². The molecule has 0 aliphatic heterocycles. The number of nitrogens with one attached hydrogen (secondary N) is 1. The van der Waals surface area contributed by atoms with E-state index in [4.69, 9.17) is 0 Å².